The summed E-state index contributed by atoms with van der Waals surface area (Å²) in [5, 5.41) is 0. The third-order valence-corrected chi connectivity index (χ3v) is 5.44. The van der Waals surface area contributed by atoms with Crippen molar-refractivity contribution in [3.63, 3.8) is 0 Å². The highest BCUT2D eigenvalue weighted by Gasteiger charge is 2.19. The second-order valence-corrected chi connectivity index (χ2v) is 7.70. The zero-order valence-electron chi connectivity index (χ0n) is 16.3. The molecule has 3 rings (SSSR count). The van der Waals surface area contributed by atoms with Gasteiger partial charge in [-0.05, 0) is 51.4 Å². The molecule has 0 saturated carbocycles. The summed E-state index contributed by atoms with van der Waals surface area (Å²) in [6, 6.07) is 4.21. The molecule has 0 amide bonds. The Balaban J connectivity index is 1.51. The molecule has 0 aliphatic carbocycles. The highest BCUT2D eigenvalue weighted by atomic mass is 16.5. The van der Waals surface area contributed by atoms with Gasteiger partial charge in [0.15, 0.2) is 0 Å². The van der Waals surface area contributed by atoms with E-state index in [0.717, 1.165) is 58.0 Å². The van der Waals surface area contributed by atoms with Crippen LogP contribution >= 0.6 is 0 Å². The van der Waals surface area contributed by atoms with Crippen LogP contribution in [0.2, 0.25) is 0 Å². The molecule has 3 heterocycles. The molecular weight excluding hydrogens is 324 g/mol. The summed E-state index contributed by atoms with van der Waals surface area (Å²) in [5.41, 5.74) is 1.27. The molecule has 0 spiro atoms. The maximum Gasteiger partial charge on any atom is 0.213 e. The lowest BCUT2D eigenvalue weighted by Gasteiger charge is -2.32. The molecule has 1 aromatic rings. The second-order valence-electron chi connectivity index (χ2n) is 7.70. The minimum absolute atomic E-state index is 0.196. The van der Waals surface area contributed by atoms with Gasteiger partial charge in [-0.15, -0.1) is 6.58 Å². The summed E-state index contributed by atoms with van der Waals surface area (Å²) in [6.07, 6.45) is 8.77. The SMILES string of the molecule is C=CCCC(CN1CCCC1)Oc1ccc(CN2CCN(C)CC2)cn1. The number of hydrogen-bond donors (Lipinski definition) is 0. The van der Waals surface area contributed by atoms with Gasteiger partial charge in [-0.25, -0.2) is 4.98 Å². The van der Waals surface area contributed by atoms with Crippen LogP contribution in [-0.4, -0.2) is 78.6 Å². The van der Waals surface area contributed by atoms with E-state index in [0.29, 0.717) is 0 Å². The average Bonchev–Trinajstić information content (AvgIpc) is 3.16. The topological polar surface area (TPSA) is 31.8 Å². The Morgan fingerprint density at radius 2 is 1.88 bits per heavy atom. The van der Waals surface area contributed by atoms with Crippen LogP contribution in [0.5, 0.6) is 5.88 Å². The molecule has 1 atom stereocenters. The van der Waals surface area contributed by atoms with Gasteiger partial charge < -0.3 is 9.64 Å². The van der Waals surface area contributed by atoms with Crippen molar-refractivity contribution in [3.05, 3.63) is 36.5 Å². The highest BCUT2D eigenvalue weighted by molar-refractivity contribution is 5.18. The normalized spacial score (nSPS) is 21.0. The van der Waals surface area contributed by atoms with Crippen molar-refractivity contribution >= 4 is 0 Å². The van der Waals surface area contributed by atoms with Gasteiger partial charge in [0.05, 0.1) is 0 Å². The van der Waals surface area contributed by atoms with Crippen molar-refractivity contribution in [1.82, 2.24) is 19.7 Å². The summed E-state index contributed by atoms with van der Waals surface area (Å²) in [5.74, 6) is 0.750. The fourth-order valence-electron chi connectivity index (χ4n) is 3.75. The van der Waals surface area contributed by atoms with Crippen molar-refractivity contribution in [2.24, 2.45) is 0 Å². The summed E-state index contributed by atoms with van der Waals surface area (Å²) in [6.45, 7) is 12.8. The van der Waals surface area contributed by atoms with E-state index in [1.54, 1.807) is 0 Å². The number of likely N-dealkylation sites (tertiary alicyclic amines) is 1. The zero-order valence-corrected chi connectivity index (χ0v) is 16.3. The molecule has 5 nitrogen and oxygen atoms in total. The molecule has 2 aliphatic rings. The Kier molecular flexibility index (Phi) is 7.47. The Bertz CT molecular complexity index is 533. The lowest BCUT2D eigenvalue weighted by atomic mass is 10.2. The van der Waals surface area contributed by atoms with Crippen molar-refractivity contribution in [3.8, 4) is 5.88 Å². The lowest BCUT2D eigenvalue weighted by molar-refractivity contribution is 0.134. The van der Waals surface area contributed by atoms with Crippen molar-refractivity contribution < 1.29 is 4.74 Å². The molecule has 0 N–H and O–H groups in total. The Hall–Kier alpha value is -1.43. The number of likely N-dealkylation sites (N-methyl/N-ethyl adjacent to an activating group) is 1. The number of piperazine rings is 1. The minimum Gasteiger partial charge on any atom is -0.473 e. The van der Waals surface area contributed by atoms with Crippen LogP contribution in [-0.2, 0) is 6.54 Å². The van der Waals surface area contributed by atoms with E-state index in [1.807, 2.05) is 18.3 Å². The molecule has 2 saturated heterocycles. The Morgan fingerprint density at radius 1 is 1.12 bits per heavy atom. The predicted molar refractivity (Wildman–Crippen MR) is 107 cm³/mol. The van der Waals surface area contributed by atoms with Crippen LogP contribution in [0.15, 0.2) is 31.0 Å². The third-order valence-electron chi connectivity index (χ3n) is 5.44. The fraction of sp³-hybridized carbons (Fsp3) is 0.667. The first-order chi connectivity index (χ1) is 12.7. The quantitative estimate of drug-likeness (QED) is 0.634. The highest BCUT2D eigenvalue weighted by Crippen LogP contribution is 2.17. The van der Waals surface area contributed by atoms with Crippen LogP contribution in [0.25, 0.3) is 0 Å². The Morgan fingerprint density at radius 3 is 2.54 bits per heavy atom. The molecule has 2 fully saturated rings. The van der Waals surface area contributed by atoms with Crippen LogP contribution in [0.3, 0.4) is 0 Å². The maximum absolute atomic E-state index is 6.22. The van der Waals surface area contributed by atoms with Crippen LogP contribution in [0, 0.1) is 0 Å². The number of aromatic nitrogens is 1. The van der Waals surface area contributed by atoms with E-state index in [9.17, 15) is 0 Å². The van der Waals surface area contributed by atoms with Gasteiger partial charge in [-0.2, -0.15) is 0 Å². The van der Waals surface area contributed by atoms with Gasteiger partial charge in [0.1, 0.15) is 6.10 Å². The smallest absolute Gasteiger partial charge is 0.213 e. The third kappa shape index (κ3) is 6.08. The molecule has 26 heavy (non-hydrogen) atoms. The van der Waals surface area contributed by atoms with E-state index < -0.39 is 0 Å². The van der Waals surface area contributed by atoms with E-state index in [2.05, 4.69) is 39.4 Å². The fourth-order valence-corrected chi connectivity index (χ4v) is 3.75. The van der Waals surface area contributed by atoms with Gasteiger partial charge in [0, 0.05) is 51.5 Å². The molecule has 0 radical (unpaired) electrons. The molecule has 5 heteroatoms. The van der Waals surface area contributed by atoms with Crippen LogP contribution in [0.1, 0.15) is 31.2 Å². The number of ether oxygens (including phenoxy) is 1. The Labute approximate surface area is 158 Å². The van der Waals surface area contributed by atoms with E-state index >= 15 is 0 Å². The summed E-state index contributed by atoms with van der Waals surface area (Å²) in [7, 11) is 2.19. The number of pyridine rings is 1. The average molecular weight is 359 g/mol. The molecule has 2 aliphatic heterocycles. The zero-order chi connectivity index (χ0) is 18.2. The first-order valence-electron chi connectivity index (χ1n) is 10.1. The second kappa shape index (κ2) is 10.0. The number of nitrogens with zero attached hydrogens (tertiary/aromatic N) is 4. The van der Waals surface area contributed by atoms with Crippen LogP contribution < -0.4 is 4.74 Å². The van der Waals surface area contributed by atoms with Gasteiger partial charge in [-0.3, -0.25) is 9.80 Å². The first kappa shape index (κ1) is 19.3. The van der Waals surface area contributed by atoms with Gasteiger partial charge in [0.2, 0.25) is 5.88 Å². The first-order valence-corrected chi connectivity index (χ1v) is 10.1. The number of allylic oxidation sites excluding steroid dienone is 1. The molecule has 1 unspecified atom stereocenters. The van der Waals surface area contributed by atoms with Crippen LogP contribution in [0.4, 0.5) is 0 Å². The summed E-state index contributed by atoms with van der Waals surface area (Å²) < 4.78 is 6.22. The molecular formula is C21H34N4O. The van der Waals surface area contributed by atoms with Gasteiger partial charge in [0.25, 0.3) is 0 Å². The van der Waals surface area contributed by atoms with Crippen molar-refractivity contribution in [1.29, 1.82) is 0 Å². The summed E-state index contributed by atoms with van der Waals surface area (Å²) >= 11 is 0. The van der Waals surface area contributed by atoms with Gasteiger partial charge in [-0.1, -0.05) is 12.1 Å². The minimum atomic E-state index is 0.196. The molecule has 0 aromatic carbocycles. The summed E-state index contributed by atoms with van der Waals surface area (Å²) in [4.78, 5) is 12.0. The van der Waals surface area contributed by atoms with E-state index in [-0.39, 0.29) is 6.10 Å². The lowest BCUT2D eigenvalue weighted by Crippen LogP contribution is -2.43. The number of hydrogen-bond acceptors (Lipinski definition) is 5. The van der Waals surface area contributed by atoms with E-state index in [1.165, 1.54) is 31.5 Å². The van der Waals surface area contributed by atoms with Crippen molar-refractivity contribution in [2.75, 3.05) is 52.9 Å². The van der Waals surface area contributed by atoms with E-state index in [4.69, 9.17) is 4.74 Å². The molecule has 0 bridgehead atoms. The van der Waals surface area contributed by atoms with Crippen molar-refractivity contribution in [2.45, 2.75) is 38.3 Å². The maximum atomic E-state index is 6.22. The molecule has 144 valence electrons. The molecule has 1 aromatic heterocycles. The van der Waals surface area contributed by atoms with Gasteiger partial charge >= 0.3 is 0 Å². The predicted octanol–water partition coefficient (Wildman–Crippen LogP) is 2.64. The standard InChI is InChI=1S/C21H34N4O/c1-3-4-7-20(18-24-10-5-6-11-24)26-21-9-8-19(16-22-21)17-25-14-12-23(2)13-15-25/h3,8-9,16,20H,1,4-7,10-15,17-18H2,2H3. The number of rotatable bonds is 9. The monoisotopic (exact) mass is 358 g/mol. The largest absolute Gasteiger partial charge is 0.473 e.